The Bertz CT molecular complexity index is 127. The van der Waals surface area contributed by atoms with Crippen molar-refractivity contribution in [2.45, 2.75) is 29.3 Å². The minimum absolute atomic E-state index is 0.217. The van der Waals surface area contributed by atoms with E-state index in [1.54, 1.807) is 0 Å². The largest absolute Gasteiger partial charge is 0.396 e. The average Bonchev–Trinajstić information content (AvgIpc) is 2.86. The minimum Gasteiger partial charge on any atom is -0.396 e. The molecule has 1 aliphatic rings. The van der Waals surface area contributed by atoms with Crippen LogP contribution in [0.25, 0.3) is 0 Å². The third-order valence-corrected chi connectivity index (χ3v) is 4.42. The molecule has 0 aromatic rings. The smallest absolute Gasteiger partial charge is 0.0441 e. The maximum absolute atomic E-state index is 8.28. The van der Waals surface area contributed by atoms with E-state index >= 15 is 0 Å². The summed E-state index contributed by atoms with van der Waals surface area (Å²) in [6, 6.07) is 0. The minimum atomic E-state index is 0.217. The van der Waals surface area contributed by atoms with Crippen molar-refractivity contribution in [3.05, 3.63) is 0 Å². The topological polar surface area (TPSA) is 20.2 Å². The number of rotatable bonds is 4. The summed E-state index contributed by atoms with van der Waals surface area (Å²) in [4.78, 5) is 0. The molecule has 0 saturated heterocycles. The third-order valence-electron chi connectivity index (χ3n) is 1.79. The zero-order valence-corrected chi connectivity index (χ0v) is 11.1. The van der Waals surface area contributed by atoms with E-state index in [0.29, 0.717) is 4.75 Å². The highest BCUT2D eigenvalue weighted by molar-refractivity contribution is 7.85. The number of hydrogen-bond acceptors (Lipinski definition) is 5. The highest BCUT2D eigenvalue weighted by atomic mass is 32.1. The molecule has 0 radical (unpaired) electrons. The summed E-state index contributed by atoms with van der Waals surface area (Å²) in [5.74, 6) is 1.68. The summed E-state index contributed by atoms with van der Waals surface area (Å²) >= 11 is 16.4. The van der Waals surface area contributed by atoms with Gasteiger partial charge in [-0.05, 0) is 19.3 Å². The van der Waals surface area contributed by atoms with Crippen molar-refractivity contribution >= 4 is 50.5 Å². The van der Waals surface area contributed by atoms with Crippen molar-refractivity contribution < 1.29 is 5.11 Å². The van der Waals surface area contributed by atoms with E-state index in [1.165, 1.54) is 12.8 Å². The molecule has 0 spiro atoms. The van der Waals surface area contributed by atoms with E-state index in [2.05, 4.69) is 50.5 Å². The first kappa shape index (κ1) is 14.4. The SMILES string of the molecule is OCCC(S)CS.SCC1(S)CC1. The predicted octanol–water partition coefficient (Wildman–Crippen LogP) is 1.98. The van der Waals surface area contributed by atoms with Crippen LogP contribution in [-0.2, 0) is 0 Å². The van der Waals surface area contributed by atoms with E-state index in [4.69, 9.17) is 5.11 Å². The zero-order valence-electron chi connectivity index (χ0n) is 7.56. The first-order valence-corrected chi connectivity index (χ1v) is 6.54. The summed E-state index contributed by atoms with van der Waals surface area (Å²) in [7, 11) is 0. The van der Waals surface area contributed by atoms with Gasteiger partial charge in [-0.1, -0.05) is 0 Å². The Morgan fingerprint density at radius 3 is 1.92 bits per heavy atom. The summed E-state index contributed by atoms with van der Waals surface area (Å²) in [5.41, 5.74) is 0. The van der Waals surface area contributed by atoms with Gasteiger partial charge in [0.25, 0.3) is 0 Å². The highest BCUT2D eigenvalue weighted by Gasteiger charge is 2.36. The lowest BCUT2D eigenvalue weighted by Gasteiger charge is -2.00. The molecule has 1 fully saturated rings. The summed E-state index contributed by atoms with van der Waals surface area (Å²) < 4.78 is 0.350. The molecule has 1 saturated carbocycles. The van der Waals surface area contributed by atoms with Crippen molar-refractivity contribution in [1.82, 2.24) is 0 Å². The molecular formula is C8H18OS4. The molecule has 0 amide bonds. The second-order valence-corrected chi connectivity index (χ2v) is 5.59. The van der Waals surface area contributed by atoms with Gasteiger partial charge in [0.15, 0.2) is 0 Å². The molecule has 1 unspecified atom stereocenters. The van der Waals surface area contributed by atoms with Crippen molar-refractivity contribution in [2.75, 3.05) is 18.1 Å². The molecule has 13 heavy (non-hydrogen) atoms. The summed E-state index contributed by atoms with van der Waals surface area (Å²) in [6.07, 6.45) is 3.27. The van der Waals surface area contributed by atoms with Gasteiger partial charge in [-0.2, -0.15) is 50.5 Å². The molecule has 5 heteroatoms. The molecule has 0 aromatic carbocycles. The third kappa shape index (κ3) is 8.36. The van der Waals surface area contributed by atoms with Crippen LogP contribution in [0.4, 0.5) is 0 Å². The van der Waals surface area contributed by atoms with Crippen molar-refractivity contribution in [3.63, 3.8) is 0 Å². The second kappa shape index (κ2) is 7.63. The van der Waals surface area contributed by atoms with Gasteiger partial charge < -0.3 is 5.11 Å². The van der Waals surface area contributed by atoms with Gasteiger partial charge in [0, 0.05) is 28.1 Å². The van der Waals surface area contributed by atoms with Crippen molar-refractivity contribution in [1.29, 1.82) is 0 Å². The molecule has 1 nitrogen and oxygen atoms in total. The monoisotopic (exact) mass is 258 g/mol. The molecule has 0 aromatic heterocycles. The van der Waals surface area contributed by atoms with Gasteiger partial charge >= 0.3 is 0 Å². The van der Waals surface area contributed by atoms with Crippen LogP contribution in [0.5, 0.6) is 0 Å². The average molecular weight is 258 g/mol. The van der Waals surface area contributed by atoms with Crippen molar-refractivity contribution in [2.24, 2.45) is 0 Å². The molecule has 1 atom stereocenters. The number of hydrogen-bond donors (Lipinski definition) is 5. The van der Waals surface area contributed by atoms with Gasteiger partial charge in [-0.25, -0.2) is 0 Å². The predicted molar refractivity (Wildman–Crippen MR) is 73.1 cm³/mol. The fraction of sp³-hybridized carbons (Fsp3) is 1.00. The Morgan fingerprint density at radius 2 is 1.85 bits per heavy atom. The molecule has 80 valence electrons. The highest BCUT2D eigenvalue weighted by Crippen LogP contribution is 2.42. The Morgan fingerprint density at radius 1 is 1.31 bits per heavy atom. The van der Waals surface area contributed by atoms with Gasteiger partial charge in [0.1, 0.15) is 0 Å². The van der Waals surface area contributed by atoms with Gasteiger partial charge in [0.05, 0.1) is 0 Å². The number of aliphatic hydroxyl groups is 1. The zero-order chi connectivity index (χ0) is 10.3. The number of aliphatic hydroxyl groups excluding tert-OH is 1. The quantitative estimate of drug-likeness (QED) is 0.489. The van der Waals surface area contributed by atoms with E-state index in [9.17, 15) is 0 Å². The molecule has 0 heterocycles. The van der Waals surface area contributed by atoms with E-state index in [1.807, 2.05) is 0 Å². The Balaban J connectivity index is 0.000000223. The lowest BCUT2D eigenvalue weighted by atomic mass is 10.3. The summed E-state index contributed by atoms with van der Waals surface area (Å²) in [5, 5.41) is 8.54. The van der Waals surface area contributed by atoms with Crippen LogP contribution < -0.4 is 0 Å². The maximum Gasteiger partial charge on any atom is 0.0441 e. The first-order valence-electron chi connectivity index (χ1n) is 4.31. The molecule has 1 N–H and O–H groups in total. The second-order valence-electron chi connectivity index (χ2n) is 3.23. The van der Waals surface area contributed by atoms with Crippen LogP contribution in [0.2, 0.25) is 0 Å². The van der Waals surface area contributed by atoms with Crippen LogP contribution in [0.1, 0.15) is 19.3 Å². The van der Waals surface area contributed by atoms with Crippen LogP contribution in [-0.4, -0.2) is 33.2 Å². The molecule has 1 aliphatic carbocycles. The van der Waals surface area contributed by atoms with Crippen LogP contribution >= 0.6 is 50.5 Å². The first-order chi connectivity index (χ1) is 6.08. The summed E-state index contributed by atoms with van der Waals surface area (Å²) in [6.45, 7) is 0.217. The van der Waals surface area contributed by atoms with Gasteiger partial charge in [-0.15, -0.1) is 0 Å². The fourth-order valence-electron chi connectivity index (χ4n) is 0.543. The van der Waals surface area contributed by atoms with Crippen LogP contribution in [0.15, 0.2) is 0 Å². The van der Waals surface area contributed by atoms with Crippen LogP contribution in [0.3, 0.4) is 0 Å². The molecule has 0 aliphatic heterocycles. The fourth-order valence-corrected chi connectivity index (χ4v) is 1.27. The molecular weight excluding hydrogens is 240 g/mol. The molecule has 1 rings (SSSR count). The van der Waals surface area contributed by atoms with Gasteiger partial charge in [-0.3, -0.25) is 0 Å². The van der Waals surface area contributed by atoms with E-state index in [-0.39, 0.29) is 11.9 Å². The standard InChI is InChI=1S/C4H10OS2.C4H8S2/c5-2-1-4(7)3-6;5-3-4(6)1-2-4/h4-7H,1-3H2;5-6H,1-3H2. The lowest BCUT2D eigenvalue weighted by molar-refractivity contribution is 0.289. The van der Waals surface area contributed by atoms with Crippen LogP contribution in [0, 0.1) is 0 Å². The Kier molecular flexibility index (Phi) is 8.42. The van der Waals surface area contributed by atoms with Crippen molar-refractivity contribution in [3.8, 4) is 0 Å². The Hall–Kier alpha value is 1.36. The normalized spacial score (nSPS) is 20.1. The van der Waals surface area contributed by atoms with Gasteiger partial charge in [0.2, 0.25) is 0 Å². The van der Waals surface area contributed by atoms with E-state index < -0.39 is 0 Å². The lowest BCUT2D eigenvalue weighted by Crippen LogP contribution is -2.02. The van der Waals surface area contributed by atoms with E-state index in [0.717, 1.165) is 17.9 Å². The molecule has 0 bridgehead atoms. The maximum atomic E-state index is 8.28. The Labute approximate surface area is 103 Å². The number of thiol groups is 4.